The molecule has 0 aliphatic rings. The second-order valence-corrected chi connectivity index (χ2v) is 5.18. The predicted octanol–water partition coefficient (Wildman–Crippen LogP) is 3.56. The van der Waals surface area contributed by atoms with Gasteiger partial charge in [0.05, 0.1) is 0 Å². The van der Waals surface area contributed by atoms with Crippen LogP contribution in [0.5, 0.6) is 0 Å². The normalized spacial score (nSPS) is 11.7. The lowest BCUT2D eigenvalue weighted by molar-refractivity contribution is 0.429. The van der Waals surface area contributed by atoms with E-state index in [2.05, 4.69) is 47.2 Å². The molecular formula is C11H15BrClN. The minimum absolute atomic E-state index is 0.0100. The Bertz CT molecular complexity index is 299. The van der Waals surface area contributed by atoms with E-state index >= 15 is 0 Å². The first-order valence-electron chi connectivity index (χ1n) is 4.59. The van der Waals surface area contributed by atoms with Crippen molar-refractivity contribution < 1.29 is 0 Å². The van der Waals surface area contributed by atoms with Crippen LogP contribution in [0.25, 0.3) is 0 Å². The van der Waals surface area contributed by atoms with E-state index in [1.807, 2.05) is 12.1 Å². The molecule has 0 saturated carbocycles. The lowest BCUT2D eigenvalue weighted by atomic mass is 10.1. The molecule has 0 spiro atoms. The highest BCUT2D eigenvalue weighted by atomic mass is 79.9. The molecule has 0 bridgehead atoms. The van der Waals surface area contributed by atoms with Gasteiger partial charge < -0.3 is 5.32 Å². The minimum Gasteiger partial charge on any atom is -0.307 e. The van der Waals surface area contributed by atoms with Crippen LogP contribution in [-0.2, 0) is 6.54 Å². The van der Waals surface area contributed by atoms with Crippen molar-refractivity contribution in [2.75, 3.05) is 5.88 Å². The summed E-state index contributed by atoms with van der Waals surface area (Å²) in [6.07, 6.45) is 0. The molecule has 0 radical (unpaired) electrons. The van der Waals surface area contributed by atoms with Crippen LogP contribution in [0, 0.1) is 0 Å². The van der Waals surface area contributed by atoms with Gasteiger partial charge in [-0.1, -0.05) is 28.1 Å². The third-order valence-electron chi connectivity index (χ3n) is 1.99. The molecule has 0 fully saturated rings. The Morgan fingerprint density at radius 1 is 1.43 bits per heavy atom. The molecule has 1 aromatic carbocycles. The van der Waals surface area contributed by atoms with E-state index in [1.54, 1.807) is 0 Å². The van der Waals surface area contributed by atoms with Gasteiger partial charge in [0.15, 0.2) is 0 Å². The van der Waals surface area contributed by atoms with E-state index in [0.717, 1.165) is 11.0 Å². The largest absolute Gasteiger partial charge is 0.307 e. The molecule has 0 heterocycles. The van der Waals surface area contributed by atoms with Gasteiger partial charge in [0, 0.05) is 22.4 Å². The Labute approximate surface area is 99.0 Å². The number of benzene rings is 1. The maximum Gasteiger partial charge on any atom is 0.0400 e. The number of hydrogen-bond donors (Lipinski definition) is 1. The monoisotopic (exact) mass is 275 g/mol. The Balaban J connectivity index is 2.54. The molecule has 0 saturated heterocycles. The second-order valence-electron chi connectivity index (χ2n) is 4.00. The Morgan fingerprint density at radius 3 is 2.71 bits per heavy atom. The van der Waals surface area contributed by atoms with Gasteiger partial charge >= 0.3 is 0 Å². The van der Waals surface area contributed by atoms with Crippen LogP contribution in [0.15, 0.2) is 28.7 Å². The quantitative estimate of drug-likeness (QED) is 0.829. The summed E-state index contributed by atoms with van der Waals surface area (Å²) in [6.45, 7) is 5.04. The summed E-state index contributed by atoms with van der Waals surface area (Å²) in [5.74, 6) is 0.612. The summed E-state index contributed by atoms with van der Waals surface area (Å²) >= 11 is 9.26. The molecule has 14 heavy (non-hydrogen) atoms. The van der Waals surface area contributed by atoms with Crippen LogP contribution in [0.3, 0.4) is 0 Å². The summed E-state index contributed by atoms with van der Waals surface area (Å²) in [5.41, 5.74) is 1.25. The fourth-order valence-electron chi connectivity index (χ4n) is 1.04. The van der Waals surface area contributed by atoms with Gasteiger partial charge in [-0.3, -0.25) is 0 Å². The summed E-state index contributed by atoms with van der Waals surface area (Å²) in [7, 11) is 0. The van der Waals surface area contributed by atoms with Crippen molar-refractivity contribution >= 4 is 27.5 Å². The lowest BCUT2D eigenvalue weighted by Crippen LogP contribution is -2.40. The Hall–Kier alpha value is -0.0500. The molecule has 0 aliphatic carbocycles. The van der Waals surface area contributed by atoms with Gasteiger partial charge in [-0.05, 0) is 31.5 Å². The van der Waals surface area contributed by atoms with Gasteiger partial charge in [0.25, 0.3) is 0 Å². The van der Waals surface area contributed by atoms with Crippen molar-refractivity contribution in [2.45, 2.75) is 25.9 Å². The smallest absolute Gasteiger partial charge is 0.0400 e. The molecule has 0 atom stereocenters. The number of nitrogens with one attached hydrogen (secondary N) is 1. The van der Waals surface area contributed by atoms with Crippen molar-refractivity contribution in [3.63, 3.8) is 0 Å². The minimum atomic E-state index is -0.0100. The molecule has 1 rings (SSSR count). The molecule has 0 aromatic heterocycles. The van der Waals surface area contributed by atoms with Crippen LogP contribution in [0.2, 0.25) is 0 Å². The molecule has 0 aliphatic heterocycles. The average molecular weight is 277 g/mol. The summed E-state index contributed by atoms with van der Waals surface area (Å²) in [6, 6.07) is 8.27. The SMILES string of the molecule is CC(C)(CCl)NCc1cccc(Br)c1. The molecule has 0 unspecified atom stereocenters. The molecule has 1 aromatic rings. The third-order valence-corrected chi connectivity index (χ3v) is 3.16. The lowest BCUT2D eigenvalue weighted by Gasteiger charge is -2.23. The van der Waals surface area contributed by atoms with Crippen LogP contribution < -0.4 is 5.32 Å². The highest BCUT2D eigenvalue weighted by molar-refractivity contribution is 9.10. The van der Waals surface area contributed by atoms with Crippen LogP contribution in [0.1, 0.15) is 19.4 Å². The Kier molecular flexibility index (Phi) is 4.42. The van der Waals surface area contributed by atoms with E-state index in [1.165, 1.54) is 5.56 Å². The molecule has 78 valence electrons. The molecule has 1 N–H and O–H groups in total. The highest BCUT2D eigenvalue weighted by Gasteiger charge is 2.14. The zero-order valence-electron chi connectivity index (χ0n) is 8.48. The van der Waals surface area contributed by atoms with Crippen molar-refractivity contribution in [3.05, 3.63) is 34.3 Å². The van der Waals surface area contributed by atoms with Gasteiger partial charge in [-0.2, -0.15) is 0 Å². The van der Waals surface area contributed by atoms with Gasteiger partial charge in [0.2, 0.25) is 0 Å². The average Bonchev–Trinajstić information content (AvgIpc) is 2.15. The number of halogens is 2. The van der Waals surface area contributed by atoms with Crippen molar-refractivity contribution in [1.82, 2.24) is 5.32 Å². The molecular weight excluding hydrogens is 261 g/mol. The van der Waals surface area contributed by atoms with E-state index in [-0.39, 0.29) is 5.54 Å². The van der Waals surface area contributed by atoms with E-state index < -0.39 is 0 Å². The Morgan fingerprint density at radius 2 is 2.14 bits per heavy atom. The summed E-state index contributed by atoms with van der Waals surface area (Å²) in [4.78, 5) is 0. The topological polar surface area (TPSA) is 12.0 Å². The highest BCUT2D eigenvalue weighted by Crippen LogP contribution is 2.13. The van der Waals surface area contributed by atoms with Gasteiger partial charge in [-0.25, -0.2) is 0 Å². The second kappa shape index (κ2) is 5.15. The standard InChI is InChI=1S/C11H15BrClN/c1-11(2,8-13)14-7-9-4-3-5-10(12)6-9/h3-6,14H,7-8H2,1-2H3. The molecule has 3 heteroatoms. The van der Waals surface area contributed by atoms with E-state index in [9.17, 15) is 0 Å². The zero-order valence-corrected chi connectivity index (χ0v) is 10.8. The first-order valence-corrected chi connectivity index (χ1v) is 5.92. The number of alkyl halides is 1. The van der Waals surface area contributed by atoms with Crippen molar-refractivity contribution in [3.8, 4) is 0 Å². The zero-order chi connectivity index (χ0) is 10.6. The van der Waals surface area contributed by atoms with E-state index in [4.69, 9.17) is 11.6 Å². The first kappa shape index (κ1) is 12.0. The maximum absolute atomic E-state index is 5.82. The fraction of sp³-hybridized carbons (Fsp3) is 0.455. The van der Waals surface area contributed by atoms with Crippen molar-refractivity contribution in [1.29, 1.82) is 0 Å². The first-order chi connectivity index (χ1) is 6.53. The van der Waals surface area contributed by atoms with Crippen LogP contribution in [-0.4, -0.2) is 11.4 Å². The third kappa shape index (κ3) is 3.99. The predicted molar refractivity (Wildman–Crippen MR) is 65.8 cm³/mol. The van der Waals surface area contributed by atoms with E-state index in [0.29, 0.717) is 5.88 Å². The maximum atomic E-state index is 5.82. The number of rotatable bonds is 4. The summed E-state index contributed by atoms with van der Waals surface area (Å²) < 4.78 is 1.11. The van der Waals surface area contributed by atoms with Gasteiger partial charge in [-0.15, -0.1) is 11.6 Å². The molecule has 0 amide bonds. The van der Waals surface area contributed by atoms with Gasteiger partial charge in [0.1, 0.15) is 0 Å². The van der Waals surface area contributed by atoms with Crippen LogP contribution >= 0.6 is 27.5 Å². The van der Waals surface area contributed by atoms with Crippen LogP contribution in [0.4, 0.5) is 0 Å². The van der Waals surface area contributed by atoms with Crippen molar-refractivity contribution in [2.24, 2.45) is 0 Å². The fourth-order valence-corrected chi connectivity index (χ4v) is 1.58. The number of hydrogen-bond acceptors (Lipinski definition) is 1. The summed E-state index contributed by atoms with van der Waals surface area (Å²) in [5, 5.41) is 3.40. The molecule has 1 nitrogen and oxygen atoms in total.